The zero-order valence-electron chi connectivity index (χ0n) is 7.09. The molecule has 0 amide bonds. The van der Waals surface area contributed by atoms with Crippen LogP contribution in [0.5, 0.6) is 0 Å². The minimum atomic E-state index is -0.380. The molecule has 0 aliphatic rings. The topological polar surface area (TPSA) is 45.1 Å². The van der Waals surface area contributed by atoms with E-state index in [0.29, 0.717) is 11.6 Å². The van der Waals surface area contributed by atoms with Gasteiger partial charge < -0.3 is 10.4 Å². The van der Waals surface area contributed by atoms with Crippen molar-refractivity contribution in [1.82, 2.24) is 4.98 Å². The number of aromatic nitrogens is 1. The molecule has 2 N–H and O–H groups in total. The van der Waals surface area contributed by atoms with E-state index in [1.54, 1.807) is 13.1 Å². The number of anilines is 1. The van der Waals surface area contributed by atoms with E-state index in [2.05, 4.69) is 32.9 Å². The van der Waals surface area contributed by atoms with Gasteiger partial charge in [-0.2, -0.15) is 0 Å². The highest BCUT2D eigenvalue weighted by Gasteiger charge is 2.00. The zero-order chi connectivity index (χ0) is 9.84. The molecule has 1 aromatic rings. The minimum Gasteiger partial charge on any atom is -0.392 e. The highest BCUT2D eigenvalue weighted by atomic mass is 127. The summed E-state index contributed by atoms with van der Waals surface area (Å²) in [4.78, 5) is 4.05. The lowest BCUT2D eigenvalue weighted by Crippen LogP contribution is -2.15. The van der Waals surface area contributed by atoms with Crippen LogP contribution >= 0.6 is 34.2 Å². The van der Waals surface area contributed by atoms with Gasteiger partial charge in [0.05, 0.1) is 11.1 Å². The molecule has 0 saturated carbocycles. The fraction of sp³-hybridized carbons (Fsp3) is 0.375. The molecular weight excluding hydrogens is 302 g/mol. The van der Waals surface area contributed by atoms with Crippen molar-refractivity contribution in [3.05, 3.63) is 20.9 Å². The minimum absolute atomic E-state index is 0.380. The summed E-state index contributed by atoms with van der Waals surface area (Å²) in [7, 11) is 0. The van der Waals surface area contributed by atoms with E-state index in [-0.39, 0.29) is 6.10 Å². The fourth-order valence-corrected chi connectivity index (χ4v) is 1.30. The van der Waals surface area contributed by atoms with Crippen LogP contribution in [0, 0.1) is 3.57 Å². The summed E-state index contributed by atoms with van der Waals surface area (Å²) < 4.78 is 0.947. The molecule has 0 saturated heterocycles. The number of nitrogens with one attached hydrogen (secondary N) is 1. The molecule has 0 aliphatic heterocycles. The summed E-state index contributed by atoms with van der Waals surface area (Å²) in [6.45, 7) is 2.21. The molecule has 1 atom stereocenters. The zero-order valence-corrected chi connectivity index (χ0v) is 10.0. The number of halogens is 2. The molecule has 0 bridgehead atoms. The first-order valence-electron chi connectivity index (χ1n) is 3.82. The van der Waals surface area contributed by atoms with Crippen molar-refractivity contribution in [2.24, 2.45) is 0 Å². The van der Waals surface area contributed by atoms with Gasteiger partial charge in [0.25, 0.3) is 0 Å². The van der Waals surface area contributed by atoms with Crippen LogP contribution in [0.4, 0.5) is 5.82 Å². The molecule has 0 fully saturated rings. The molecule has 0 radical (unpaired) electrons. The molecule has 13 heavy (non-hydrogen) atoms. The molecule has 0 unspecified atom stereocenters. The molecule has 0 spiro atoms. The van der Waals surface area contributed by atoms with Crippen molar-refractivity contribution in [3.8, 4) is 0 Å². The second-order valence-corrected chi connectivity index (χ2v) is 4.28. The maximum absolute atomic E-state index is 9.02. The van der Waals surface area contributed by atoms with Crippen molar-refractivity contribution < 1.29 is 5.11 Å². The van der Waals surface area contributed by atoms with Gasteiger partial charge in [0.15, 0.2) is 0 Å². The predicted molar refractivity (Wildman–Crippen MR) is 62.1 cm³/mol. The van der Waals surface area contributed by atoms with Crippen molar-refractivity contribution in [2.45, 2.75) is 13.0 Å². The van der Waals surface area contributed by atoms with Crippen molar-refractivity contribution >= 4 is 40.0 Å². The van der Waals surface area contributed by atoms with Crippen molar-refractivity contribution in [1.29, 1.82) is 0 Å². The van der Waals surface area contributed by atoms with E-state index in [0.717, 1.165) is 9.39 Å². The van der Waals surface area contributed by atoms with Crippen molar-refractivity contribution in [3.63, 3.8) is 0 Å². The Bertz CT molecular complexity index is 293. The smallest absolute Gasteiger partial charge is 0.127 e. The summed E-state index contributed by atoms with van der Waals surface area (Å²) in [5.74, 6) is 0.731. The largest absolute Gasteiger partial charge is 0.392 e. The maximum atomic E-state index is 9.02. The number of aliphatic hydroxyl groups is 1. The lowest BCUT2D eigenvalue weighted by atomic mass is 10.4. The van der Waals surface area contributed by atoms with Gasteiger partial charge in [-0.1, -0.05) is 11.6 Å². The normalized spacial score (nSPS) is 12.6. The van der Waals surface area contributed by atoms with E-state index in [1.165, 1.54) is 0 Å². The standard InChI is InChI=1S/C8H10ClIN2O/c1-5(13)3-11-8-2-7(10)6(9)4-12-8/h2,4-5,13H,3H2,1H3,(H,11,12)/t5-/m1/s1. The van der Waals surface area contributed by atoms with Crippen LogP contribution in [0.1, 0.15) is 6.92 Å². The predicted octanol–water partition coefficient (Wildman–Crippen LogP) is 2.13. The lowest BCUT2D eigenvalue weighted by molar-refractivity contribution is 0.208. The summed E-state index contributed by atoms with van der Waals surface area (Å²) in [6, 6.07) is 1.84. The first-order valence-corrected chi connectivity index (χ1v) is 5.28. The van der Waals surface area contributed by atoms with E-state index in [1.807, 2.05) is 6.07 Å². The van der Waals surface area contributed by atoms with Gasteiger partial charge >= 0.3 is 0 Å². The summed E-state index contributed by atoms with van der Waals surface area (Å²) >= 11 is 7.93. The SMILES string of the molecule is C[C@@H](O)CNc1cc(I)c(Cl)cn1. The Hall–Kier alpha value is -0.0700. The first kappa shape index (κ1) is 11.0. The van der Waals surface area contributed by atoms with Crippen LogP contribution < -0.4 is 5.32 Å². The maximum Gasteiger partial charge on any atom is 0.127 e. The average molecular weight is 313 g/mol. The molecule has 1 heterocycles. The van der Waals surface area contributed by atoms with Crippen LogP contribution in [0.2, 0.25) is 5.02 Å². The molecule has 1 rings (SSSR count). The van der Waals surface area contributed by atoms with E-state index in [4.69, 9.17) is 16.7 Å². The summed E-state index contributed by atoms with van der Waals surface area (Å²) in [6.07, 6.45) is 1.21. The molecular formula is C8H10ClIN2O. The third-order valence-corrected chi connectivity index (χ3v) is 2.90. The number of nitrogens with zero attached hydrogens (tertiary/aromatic N) is 1. The lowest BCUT2D eigenvalue weighted by Gasteiger charge is -2.07. The Morgan fingerprint density at radius 1 is 1.77 bits per heavy atom. The number of aliphatic hydroxyl groups excluding tert-OH is 1. The number of hydrogen-bond acceptors (Lipinski definition) is 3. The van der Waals surface area contributed by atoms with Gasteiger partial charge in [0.2, 0.25) is 0 Å². The molecule has 0 aromatic carbocycles. The van der Waals surface area contributed by atoms with Gasteiger partial charge in [0.1, 0.15) is 5.82 Å². The molecule has 5 heteroatoms. The molecule has 72 valence electrons. The highest BCUT2D eigenvalue weighted by Crippen LogP contribution is 2.19. The Kier molecular flexibility index (Phi) is 4.21. The number of rotatable bonds is 3. The number of pyridine rings is 1. The van der Waals surface area contributed by atoms with Crippen LogP contribution in [0.3, 0.4) is 0 Å². The Labute approximate surface area is 95.7 Å². The molecule has 1 aromatic heterocycles. The Morgan fingerprint density at radius 2 is 2.46 bits per heavy atom. The van der Waals surface area contributed by atoms with Crippen LogP contribution in [-0.4, -0.2) is 22.7 Å². The highest BCUT2D eigenvalue weighted by molar-refractivity contribution is 14.1. The van der Waals surface area contributed by atoms with Gasteiger partial charge in [-0.15, -0.1) is 0 Å². The van der Waals surface area contributed by atoms with Gasteiger partial charge in [-0.05, 0) is 35.6 Å². The van der Waals surface area contributed by atoms with Crippen molar-refractivity contribution in [2.75, 3.05) is 11.9 Å². The molecule has 0 aliphatic carbocycles. The van der Waals surface area contributed by atoms with E-state index in [9.17, 15) is 0 Å². The van der Waals surface area contributed by atoms with Crippen LogP contribution in [0.25, 0.3) is 0 Å². The Morgan fingerprint density at radius 3 is 3.00 bits per heavy atom. The van der Waals surface area contributed by atoms with Gasteiger partial charge in [-0.3, -0.25) is 0 Å². The van der Waals surface area contributed by atoms with Gasteiger partial charge in [0, 0.05) is 16.3 Å². The quantitative estimate of drug-likeness (QED) is 0.841. The summed E-state index contributed by atoms with van der Waals surface area (Å²) in [5.41, 5.74) is 0. The third-order valence-electron chi connectivity index (χ3n) is 1.39. The van der Waals surface area contributed by atoms with Crippen LogP contribution in [0.15, 0.2) is 12.3 Å². The summed E-state index contributed by atoms with van der Waals surface area (Å²) in [5, 5.41) is 12.6. The molecule has 3 nitrogen and oxygen atoms in total. The monoisotopic (exact) mass is 312 g/mol. The fourth-order valence-electron chi connectivity index (χ4n) is 0.763. The van der Waals surface area contributed by atoms with Gasteiger partial charge in [-0.25, -0.2) is 4.98 Å². The van der Waals surface area contributed by atoms with Crippen LogP contribution in [-0.2, 0) is 0 Å². The first-order chi connectivity index (χ1) is 6.09. The average Bonchev–Trinajstić information content (AvgIpc) is 2.07. The third kappa shape index (κ3) is 3.66. The number of hydrogen-bond donors (Lipinski definition) is 2. The second-order valence-electron chi connectivity index (χ2n) is 2.71. The van der Waals surface area contributed by atoms with E-state index < -0.39 is 0 Å². The second kappa shape index (κ2) is 4.97. The van der Waals surface area contributed by atoms with E-state index >= 15 is 0 Å². The Balaban J connectivity index is 2.63.